The van der Waals surface area contributed by atoms with Crippen LogP contribution in [0.15, 0.2) is 53.3 Å². The van der Waals surface area contributed by atoms with Gasteiger partial charge in [0.1, 0.15) is 17.0 Å². The Kier molecular flexibility index (Phi) is 6.74. The summed E-state index contributed by atoms with van der Waals surface area (Å²) < 4.78 is 10.7. The molecule has 26 heavy (non-hydrogen) atoms. The van der Waals surface area contributed by atoms with Gasteiger partial charge >= 0.3 is 0 Å². The number of nitrogens with zero attached hydrogens (tertiary/aromatic N) is 1. The minimum Gasteiger partial charge on any atom is -0.494 e. The standard InChI is InChI=1S/C19H21N3O2S2/c1-23-17-8-7-16(15-6-2-9-20-18(15)17)22-19(25)21-10-4-12-26-13-14-5-3-11-24-14/h2-3,5-9,11H,4,10,12-13H2,1H3,(H2,21,22,25). The zero-order valence-electron chi connectivity index (χ0n) is 14.5. The number of anilines is 1. The van der Waals surface area contributed by atoms with Crippen molar-refractivity contribution >= 4 is 45.7 Å². The molecule has 0 saturated carbocycles. The fourth-order valence-electron chi connectivity index (χ4n) is 2.53. The van der Waals surface area contributed by atoms with Crippen LogP contribution in [0.1, 0.15) is 12.2 Å². The number of pyridine rings is 1. The molecule has 7 heteroatoms. The number of thioether (sulfide) groups is 1. The van der Waals surface area contributed by atoms with E-state index >= 15 is 0 Å². The lowest BCUT2D eigenvalue weighted by atomic mass is 10.1. The van der Waals surface area contributed by atoms with E-state index in [1.807, 2.05) is 48.2 Å². The van der Waals surface area contributed by atoms with Crippen LogP contribution in [0.25, 0.3) is 10.9 Å². The highest BCUT2D eigenvalue weighted by molar-refractivity contribution is 7.98. The summed E-state index contributed by atoms with van der Waals surface area (Å²) in [4.78, 5) is 4.40. The van der Waals surface area contributed by atoms with Crippen LogP contribution in [-0.4, -0.2) is 29.5 Å². The molecule has 0 bridgehead atoms. The third-order valence-electron chi connectivity index (χ3n) is 3.78. The van der Waals surface area contributed by atoms with E-state index in [1.165, 1.54) is 0 Å². The second-order valence-corrected chi connectivity index (χ2v) is 7.09. The zero-order valence-corrected chi connectivity index (χ0v) is 16.2. The molecule has 0 atom stereocenters. The first-order valence-electron chi connectivity index (χ1n) is 8.34. The van der Waals surface area contributed by atoms with E-state index < -0.39 is 0 Å². The van der Waals surface area contributed by atoms with E-state index in [0.29, 0.717) is 5.11 Å². The maximum atomic E-state index is 5.41. The number of rotatable bonds is 8. The molecule has 5 nitrogen and oxygen atoms in total. The van der Waals surface area contributed by atoms with Crippen molar-refractivity contribution in [2.45, 2.75) is 12.2 Å². The molecule has 0 radical (unpaired) electrons. The number of furan rings is 1. The van der Waals surface area contributed by atoms with E-state index in [0.717, 1.165) is 52.6 Å². The van der Waals surface area contributed by atoms with Crippen LogP contribution in [0.3, 0.4) is 0 Å². The van der Waals surface area contributed by atoms with Gasteiger partial charge in [0.05, 0.1) is 19.1 Å². The maximum Gasteiger partial charge on any atom is 0.170 e. The largest absolute Gasteiger partial charge is 0.494 e. The molecule has 136 valence electrons. The first-order valence-corrected chi connectivity index (χ1v) is 9.91. The average Bonchev–Trinajstić information content (AvgIpc) is 3.18. The van der Waals surface area contributed by atoms with E-state index in [1.54, 1.807) is 19.6 Å². The maximum absolute atomic E-state index is 5.41. The van der Waals surface area contributed by atoms with Crippen LogP contribution in [-0.2, 0) is 5.75 Å². The molecule has 0 spiro atoms. The molecule has 2 N–H and O–H groups in total. The fourth-order valence-corrected chi connectivity index (χ4v) is 3.60. The average molecular weight is 388 g/mol. The lowest BCUT2D eigenvalue weighted by molar-refractivity contribution is 0.419. The van der Waals surface area contributed by atoms with Gasteiger partial charge in [0, 0.05) is 23.8 Å². The van der Waals surface area contributed by atoms with Crippen molar-refractivity contribution in [2.75, 3.05) is 24.7 Å². The number of ether oxygens (including phenoxy) is 1. The molecule has 3 aromatic rings. The fraction of sp³-hybridized carbons (Fsp3) is 0.263. The molecule has 1 aromatic carbocycles. The van der Waals surface area contributed by atoms with Crippen LogP contribution in [0, 0.1) is 0 Å². The van der Waals surface area contributed by atoms with E-state index in [-0.39, 0.29) is 0 Å². The van der Waals surface area contributed by atoms with Gasteiger partial charge in [-0.1, -0.05) is 0 Å². The highest BCUT2D eigenvalue weighted by atomic mass is 32.2. The Morgan fingerprint density at radius 1 is 1.27 bits per heavy atom. The van der Waals surface area contributed by atoms with Gasteiger partial charge in [-0.3, -0.25) is 4.98 Å². The molecular formula is C19H21N3O2S2. The Balaban J connectivity index is 1.45. The Bertz CT molecular complexity index is 853. The summed E-state index contributed by atoms with van der Waals surface area (Å²) in [6, 6.07) is 11.7. The summed E-state index contributed by atoms with van der Waals surface area (Å²) in [5.74, 6) is 3.71. The summed E-state index contributed by atoms with van der Waals surface area (Å²) in [5.41, 5.74) is 1.73. The molecule has 0 fully saturated rings. The van der Waals surface area contributed by atoms with Crippen LogP contribution < -0.4 is 15.4 Å². The summed E-state index contributed by atoms with van der Waals surface area (Å²) in [6.45, 7) is 0.823. The molecule has 2 aromatic heterocycles. The van der Waals surface area contributed by atoms with Crippen molar-refractivity contribution in [2.24, 2.45) is 0 Å². The topological polar surface area (TPSA) is 59.3 Å². The normalized spacial score (nSPS) is 10.7. The number of hydrogen-bond acceptors (Lipinski definition) is 5. The van der Waals surface area contributed by atoms with Crippen LogP contribution in [0.5, 0.6) is 5.75 Å². The summed E-state index contributed by atoms with van der Waals surface area (Å²) in [5, 5.41) is 8.09. The molecule has 0 aliphatic carbocycles. The number of nitrogens with one attached hydrogen (secondary N) is 2. The van der Waals surface area contributed by atoms with Gasteiger partial charge in [0.2, 0.25) is 0 Å². The molecule has 0 aliphatic rings. The van der Waals surface area contributed by atoms with E-state index in [9.17, 15) is 0 Å². The second-order valence-electron chi connectivity index (χ2n) is 5.58. The van der Waals surface area contributed by atoms with E-state index in [2.05, 4.69) is 15.6 Å². The molecule has 0 amide bonds. The first-order chi connectivity index (χ1) is 12.8. The van der Waals surface area contributed by atoms with Crippen molar-refractivity contribution in [3.63, 3.8) is 0 Å². The van der Waals surface area contributed by atoms with Gasteiger partial charge in [-0.2, -0.15) is 11.8 Å². The minimum absolute atomic E-state index is 0.608. The molecule has 0 unspecified atom stereocenters. The Morgan fingerprint density at radius 3 is 3.00 bits per heavy atom. The lowest BCUT2D eigenvalue weighted by Gasteiger charge is -2.13. The summed E-state index contributed by atoms with van der Waals surface area (Å²) >= 11 is 7.26. The number of benzene rings is 1. The second kappa shape index (κ2) is 9.45. The predicted octanol–water partition coefficient (Wildman–Crippen LogP) is 4.45. The van der Waals surface area contributed by atoms with Gasteiger partial charge in [-0.25, -0.2) is 0 Å². The van der Waals surface area contributed by atoms with E-state index in [4.69, 9.17) is 21.4 Å². The van der Waals surface area contributed by atoms with Crippen LogP contribution >= 0.6 is 24.0 Å². The smallest absolute Gasteiger partial charge is 0.170 e. The minimum atomic E-state index is 0.608. The number of methoxy groups -OCH3 is 1. The first kappa shape index (κ1) is 18.5. The van der Waals surface area contributed by atoms with Crippen LogP contribution in [0.4, 0.5) is 5.69 Å². The van der Waals surface area contributed by atoms with Crippen molar-refractivity contribution < 1.29 is 9.15 Å². The Labute approximate surface area is 162 Å². The number of hydrogen-bond donors (Lipinski definition) is 2. The quantitative estimate of drug-likeness (QED) is 0.437. The summed E-state index contributed by atoms with van der Waals surface area (Å²) in [7, 11) is 1.65. The number of thiocarbonyl (C=S) groups is 1. The molecular weight excluding hydrogens is 366 g/mol. The van der Waals surface area contributed by atoms with Crippen molar-refractivity contribution in [1.29, 1.82) is 0 Å². The third kappa shape index (κ3) is 4.89. The molecule has 3 rings (SSSR count). The van der Waals surface area contributed by atoms with Gasteiger partial charge in [0.25, 0.3) is 0 Å². The van der Waals surface area contributed by atoms with Crippen LogP contribution in [0.2, 0.25) is 0 Å². The zero-order chi connectivity index (χ0) is 18.2. The van der Waals surface area contributed by atoms with Crippen molar-refractivity contribution in [1.82, 2.24) is 10.3 Å². The highest BCUT2D eigenvalue weighted by Gasteiger charge is 2.08. The lowest BCUT2D eigenvalue weighted by Crippen LogP contribution is -2.29. The number of aromatic nitrogens is 1. The monoisotopic (exact) mass is 387 g/mol. The molecule has 0 aliphatic heterocycles. The Morgan fingerprint density at radius 2 is 2.19 bits per heavy atom. The van der Waals surface area contributed by atoms with Gasteiger partial charge in [-0.15, -0.1) is 0 Å². The third-order valence-corrected chi connectivity index (χ3v) is 5.09. The van der Waals surface area contributed by atoms with Gasteiger partial charge in [-0.05, 0) is 60.8 Å². The van der Waals surface area contributed by atoms with Gasteiger partial charge < -0.3 is 19.8 Å². The van der Waals surface area contributed by atoms with Gasteiger partial charge in [0.15, 0.2) is 5.11 Å². The molecule has 2 heterocycles. The van der Waals surface area contributed by atoms with Crippen molar-refractivity contribution in [3.8, 4) is 5.75 Å². The number of fused-ring (bicyclic) bond motifs is 1. The van der Waals surface area contributed by atoms with Crippen molar-refractivity contribution in [3.05, 3.63) is 54.6 Å². The molecule has 0 saturated heterocycles. The highest BCUT2D eigenvalue weighted by Crippen LogP contribution is 2.29. The Hall–Kier alpha value is -2.25. The summed E-state index contributed by atoms with van der Waals surface area (Å²) in [6.07, 6.45) is 4.49. The predicted molar refractivity (Wildman–Crippen MR) is 112 cm³/mol. The SMILES string of the molecule is COc1ccc(NC(=S)NCCCSCc2ccco2)c2cccnc12.